The highest BCUT2D eigenvalue weighted by Crippen LogP contribution is 2.24. The van der Waals surface area contributed by atoms with Crippen molar-refractivity contribution in [1.82, 2.24) is 19.7 Å². The minimum absolute atomic E-state index is 0.0233. The van der Waals surface area contributed by atoms with E-state index in [4.69, 9.17) is 4.74 Å². The number of aliphatic hydroxyl groups is 1. The summed E-state index contributed by atoms with van der Waals surface area (Å²) in [6, 6.07) is 4.06. The molecule has 8 nitrogen and oxygen atoms in total. The van der Waals surface area contributed by atoms with Crippen LogP contribution in [0.2, 0.25) is 0 Å². The number of halogens is 1. The van der Waals surface area contributed by atoms with E-state index in [1.54, 1.807) is 4.68 Å². The first-order valence-corrected chi connectivity index (χ1v) is 11.2. The van der Waals surface area contributed by atoms with Crippen molar-refractivity contribution < 1.29 is 22.7 Å². The maximum atomic E-state index is 13.1. The van der Waals surface area contributed by atoms with E-state index in [0.29, 0.717) is 31.7 Å². The first-order chi connectivity index (χ1) is 13.8. The summed E-state index contributed by atoms with van der Waals surface area (Å²) in [4.78, 5) is -0.0233. The number of ether oxygens (including phenoxy) is 1. The number of benzene rings is 1. The summed E-state index contributed by atoms with van der Waals surface area (Å²) in [5.41, 5.74) is 0.929. The van der Waals surface area contributed by atoms with Crippen molar-refractivity contribution in [3.8, 4) is 0 Å². The molecule has 0 radical (unpaired) electrons. The van der Waals surface area contributed by atoms with Crippen molar-refractivity contribution in [2.75, 3.05) is 6.61 Å². The Bertz CT molecular complexity index is 901. The highest BCUT2D eigenvalue weighted by atomic mass is 32.2. The topological polar surface area (TPSA) is 106 Å². The lowest BCUT2D eigenvalue weighted by Gasteiger charge is -2.36. The summed E-state index contributed by atoms with van der Waals surface area (Å²) in [5.74, 6) is -0.197. The van der Waals surface area contributed by atoms with Gasteiger partial charge in [-0.25, -0.2) is 17.5 Å². The molecule has 0 aliphatic carbocycles. The van der Waals surface area contributed by atoms with Crippen molar-refractivity contribution in [2.24, 2.45) is 0 Å². The minimum atomic E-state index is -3.83. The molecule has 0 spiro atoms. The summed E-state index contributed by atoms with van der Waals surface area (Å²) in [6.45, 7) is 4.44. The number of nitrogens with one attached hydrogen (secondary N) is 1. The van der Waals surface area contributed by atoms with Crippen LogP contribution in [-0.2, 0) is 21.3 Å². The van der Waals surface area contributed by atoms with Crippen molar-refractivity contribution in [3.63, 3.8) is 0 Å². The van der Waals surface area contributed by atoms with Crippen molar-refractivity contribution in [2.45, 2.75) is 68.7 Å². The van der Waals surface area contributed by atoms with Gasteiger partial charge in [-0.3, -0.25) is 4.68 Å². The number of hydrogen-bond donors (Lipinski definition) is 2. The first-order valence-electron chi connectivity index (χ1n) is 9.72. The van der Waals surface area contributed by atoms with Gasteiger partial charge in [0.05, 0.1) is 35.4 Å². The molecule has 2 heterocycles. The molecule has 0 saturated carbocycles. The Morgan fingerprint density at radius 2 is 2.03 bits per heavy atom. The van der Waals surface area contributed by atoms with E-state index in [9.17, 15) is 17.9 Å². The Morgan fingerprint density at radius 3 is 2.66 bits per heavy atom. The molecule has 1 saturated heterocycles. The zero-order valence-corrected chi connectivity index (χ0v) is 17.3. The number of aryl methyl sites for hydroxylation is 1. The van der Waals surface area contributed by atoms with Crippen LogP contribution in [0.15, 0.2) is 35.4 Å². The molecule has 1 aliphatic rings. The van der Waals surface area contributed by atoms with Crippen LogP contribution in [0.4, 0.5) is 4.39 Å². The lowest BCUT2D eigenvalue weighted by Crippen LogP contribution is -2.50. The fraction of sp³-hybridized carbons (Fsp3) is 0.579. The average Bonchev–Trinajstić information content (AvgIpc) is 3.17. The van der Waals surface area contributed by atoms with Crippen LogP contribution >= 0.6 is 0 Å². The van der Waals surface area contributed by atoms with Crippen molar-refractivity contribution in [1.29, 1.82) is 0 Å². The predicted molar refractivity (Wildman–Crippen MR) is 104 cm³/mol. The molecular formula is C19H27FN4O4S. The predicted octanol–water partition coefficient (Wildman–Crippen LogP) is 1.82. The number of sulfonamides is 1. The fourth-order valence-corrected chi connectivity index (χ4v) is 4.62. The van der Waals surface area contributed by atoms with Crippen LogP contribution in [0.3, 0.4) is 0 Å². The van der Waals surface area contributed by atoms with Gasteiger partial charge in [0.1, 0.15) is 5.82 Å². The Labute approximate surface area is 170 Å². The van der Waals surface area contributed by atoms with Gasteiger partial charge < -0.3 is 9.84 Å². The Morgan fingerprint density at radius 1 is 1.31 bits per heavy atom. The molecule has 1 fully saturated rings. The summed E-state index contributed by atoms with van der Waals surface area (Å²) in [7, 11) is -3.83. The Kier molecular flexibility index (Phi) is 6.99. The molecule has 3 atom stereocenters. The number of rotatable bonds is 8. The van der Waals surface area contributed by atoms with Gasteiger partial charge in [-0.2, -0.15) is 0 Å². The zero-order valence-electron chi connectivity index (χ0n) is 16.5. The van der Waals surface area contributed by atoms with Crippen LogP contribution in [0, 0.1) is 5.82 Å². The van der Waals surface area contributed by atoms with Gasteiger partial charge in [0.15, 0.2) is 0 Å². The van der Waals surface area contributed by atoms with E-state index in [1.165, 1.54) is 12.1 Å². The lowest BCUT2D eigenvalue weighted by molar-refractivity contribution is -0.0891. The standard InChI is InChI=1S/C19H27FN4O4S/c1-13(2)18-11-24(23-21-18)10-9-15-5-8-17(19(12-25)28-15)22-29(26,27)16-6-3-14(20)4-7-16/h3-4,6-7,11,13,15,17,19,22,25H,5,8-10,12H2,1-2H3/t15-,17+,19+/m1/s1. The van der Waals surface area contributed by atoms with Gasteiger partial charge in [0.2, 0.25) is 10.0 Å². The van der Waals surface area contributed by atoms with Crippen LogP contribution < -0.4 is 4.72 Å². The molecule has 1 aromatic heterocycles. The van der Waals surface area contributed by atoms with Gasteiger partial charge in [0, 0.05) is 12.7 Å². The summed E-state index contributed by atoms with van der Waals surface area (Å²) in [6.07, 6.45) is 3.03. The van der Waals surface area contributed by atoms with Gasteiger partial charge >= 0.3 is 0 Å². The second kappa shape index (κ2) is 9.29. The van der Waals surface area contributed by atoms with Crippen molar-refractivity contribution in [3.05, 3.63) is 42.0 Å². The zero-order chi connectivity index (χ0) is 21.0. The molecular weight excluding hydrogens is 399 g/mol. The van der Waals surface area contributed by atoms with E-state index in [1.807, 2.05) is 6.20 Å². The highest BCUT2D eigenvalue weighted by Gasteiger charge is 2.34. The maximum Gasteiger partial charge on any atom is 0.240 e. The third kappa shape index (κ3) is 5.59. The molecule has 2 aromatic rings. The highest BCUT2D eigenvalue weighted by molar-refractivity contribution is 7.89. The molecule has 160 valence electrons. The van der Waals surface area contributed by atoms with Crippen LogP contribution in [-0.4, -0.2) is 53.4 Å². The molecule has 10 heteroatoms. The molecule has 3 rings (SSSR count). The summed E-state index contributed by atoms with van der Waals surface area (Å²) in [5, 5.41) is 17.9. The van der Waals surface area contributed by atoms with Gasteiger partial charge in [-0.1, -0.05) is 19.1 Å². The molecule has 2 N–H and O–H groups in total. The monoisotopic (exact) mass is 426 g/mol. The van der Waals surface area contributed by atoms with Gasteiger partial charge in [-0.15, -0.1) is 5.10 Å². The average molecular weight is 427 g/mol. The van der Waals surface area contributed by atoms with E-state index < -0.39 is 28.0 Å². The van der Waals surface area contributed by atoms with E-state index in [-0.39, 0.29) is 17.6 Å². The summed E-state index contributed by atoms with van der Waals surface area (Å²) >= 11 is 0. The number of hydrogen-bond acceptors (Lipinski definition) is 6. The number of aromatic nitrogens is 3. The molecule has 0 bridgehead atoms. The molecule has 0 amide bonds. The largest absolute Gasteiger partial charge is 0.394 e. The maximum absolute atomic E-state index is 13.1. The first kappa shape index (κ1) is 21.8. The van der Waals surface area contributed by atoms with Crippen LogP contribution in [0.5, 0.6) is 0 Å². The molecule has 1 aromatic carbocycles. The van der Waals surface area contributed by atoms with E-state index in [2.05, 4.69) is 28.9 Å². The van der Waals surface area contributed by atoms with Crippen molar-refractivity contribution >= 4 is 10.0 Å². The quantitative estimate of drug-likeness (QED) is 0.667. The molecule has 1 aliphatic heterocycles. The van der Waals surface area contributed by atoms with Gasteiger partial charge in [-0.05, 0) is 49.4 Å². The summed E-state index contributed by atoms with van der Waals surface area (Å²) < 4.78 is 48.4. The molecule has 29 heavy (non-hydrogen) atoms. The minimum Gasteiger partial charge on any atom is -0.394 e. The number of nitrogens with zero attached hydrogens (tertiary/aromatic N) is 3. The van der Waals surface area contributed by atoms with Gasteiger partial charge in [0.25, 0.3) is 0 Å². The fourth-order valence-electron chi connectivity index (χ4n) is 3.32. The Hall–Kier alpha value is -1.88. The second-order valence-corrected chi connectivity index (χ2v) is 9.30. The van der Waals surface area contributed by atoms with Crippen LogP contribution in [0.25, 0.3) is 0 Å². The normalized spacial score (nSPS) is 22.9. The third-order valence-corrected chi connectivity index (χ3v) is 6.56. The Balaban J connectivity index is 1.56. The smallest absolute Gasteiger partial charge is 0.240 e. The van der Waals surface area contributed by atoms with Crippen LogP contribution in [0.1, 0.15) is 44.7 Å². The second-order valence-electron chi connectivity index (χ2n) is 7.59. The molecule has 0 unspecified atom stereocenters. The van der Waals surface area contributed by atoms with E-state index in [0.717, 1.165) is 17.8 Å². The number of aliphatic hydroxyl groups excluding tert-OH is 1. The lowest BCUT2D eigenvalue weighted by atomic mass is 9.98. The van der Waals surface area contributed by atoms with E-state index >= 15 is 0 Å². The third-order valence-electron chi connectivity index (χ3n) is 5.05. The SMILES string of the molecule is CC(C)c1cn(CC[C@H]2CC[C@H](NS(=O)(=O)c3ccc(F)cc3)[C@H](CO)O2)nn1.